The molecule has 0 amide bonds. The van der Waals surface area contributed by atoms with Crippen LogP contribution in [0.2, 0.25) is 0 Å². The van der Waals surface area contributed by atoms with Gasteiger partial charge in [-0.2, -0.15) is 0 Å². The van der Waals surface area contributed by atoms with Gasteiger partial charge in [0, 0.05) is 31.7 Å². The Morgan fingerprint density at radius 2 is 2.10 bits per heavy atom. The summed E-state index contributed by atoms with van der Waals surface area (Å²) < 4.78 is 5.52. The van der Waals surface area contributed by atoms with E-state index in [1.165, 1.54) is 12.8 Å². The molecule has 1 aromatic rings. The first kappa shape index (κ1) is 14.6. The summed E-state index contributed by atoms with van der Waals surface area (Å²) in [5.41, 5.74) is 1.15. The van der Waals surface area contributed by atoms with Crippen molar-refractivity contribution in [3.8, 4) is 0 Å². The third-order valence-corrected chi connectivity index (χ3v) is 4.41. The van der Waals surface area contributed by atoms with Crippen LogP contribution in [0.4, 0.5) is 11.6 Å². The molecule has 0 bridgehead atoms. The van der Waals surface area contributed by atoms with Crippen molar-refractivity contribution in [3.05, 3.63) is 11.4 Å². The van der Waals surface area contributed by atoms with Crippen molar-refractivity contribution in [1.29, 1.82) is 0 Å². The van der Waals surface area contributed by atoms with E-state index in [1.54, 1.807) is 0 Å². The minimum Gasteiger partial charge on any atom is -0.379 e. The molecular weight excluding hydrogens is 264 g/mol. The number of ether oxygens (including phenoxy) is 1. The largest absolute Gasteiger partial charge is 0.379 e. The Hall–Kier alpha value is -1.36. The maximum Gasteiger partial charge on any atom is 0.137 e. The van der Waals surface area contributed by atoms with Crippen LogP contribution in [0.1, 0.15) is 49.9 Å². The van der Waals surface area contributed by atoms with Gasteiger partial charge in [0.2, 0.25) is 0 Å². The minimum absolute atomic E-state index is 0.435. The van der Waals surface area contributed by atoms with Crippen LogP contribution in [-0.2, 0) is 4.74 Å². The van der Waals surface area contributed by atoms with Crippen LogP contribution in [0.25, 0.3) is 0 Å². The summed E-state index contributed by atoms with van der Waals surface area (Å²) in [5, 5.41) is 3.46. The zero-order valence-corrected chi connectivity index (χ0v) is 13.4. The van der Waals surface area contributed by atoms with Crippen molar-refractivity contribution in [1.82, 2.24) is 9.97 Å². The summed E-state index contributed by atoms with van der Waals surface area (Å²) in [5.74, 6) is 3.66. The molecule has 2 fully saturated rings. The fraction of sp³-hybridized carbons (Fsp3) is 0.750. The molecule has 1 unspecified atom stereocenters. The molecular formula is C16H26N4O. The van der Waals surface area contributed by atoms with Gasteiger partial charge in [0.25, 0.3) is 0 Å². The van der Waals surface area contributed by atoms with Crippen molar-refractivity contribution in [2.75, 3.05) is 37.0 Å². The van der Waals surface area contributed by atoms with E-state index in [1.807, 2.05) is 0 Å². The van der Waals surface area contributed by atoms with Gasteiger partial charge in [-0.25, -0.2) is 9.97 Å². The molecule has 1 aromatic heterocycles. The van der Waals surface area contributed by atoms with E-state index in [0.717, 1.165) is 55.6 Å². The molecule has 5 heteroatoms. The van der Waals surface area contributed by atoms with E-state index in [2.05, 4.69) is 31.1 Å². The smallest absolute Gasteiger partial charge is 0.137 e. The molecule has 0 spiro atoms. The summed E-state index contributed by atoms with van der Waals surface area (Å²) in [6.07, 6.45) is 4.64. The Bertz CT molecular complexity index is 495. The first-order valence-corrected chi connectivity index (χ1v) is 8.13. The highest BCUT2D eigenvalue weighted by Crippen LogP contribution is 2.40. The van der Waals surface area contributed by atoms with Gasteiger partial charge in [-0.05, 0) is 32.6 Å². The predicted octanol–water partition coefficient (Wildman–Crippen LogP) is 2.71. The zero-order valence-electron chi connectivity index (χ0n) is 13.4. The molecule has 116 valence electrons. The number of anilines is 2. The van der Waals surface area contributed by atoms with Crippen LogP contribution in [-0.4, -0.2) is 42.8 Å². The van der Waals surface area contributed by atoms with Crippen LogP contribution in [0.5, 0.6) is 0 Å². The second kappa shape index (κ2) is 6.18. The monoisotopic (exact) mass is 290 g/mol. The van der Waals surface area contributed by atoms with Crippen molar-refractivity contribution in [2.45, 2.75) is 51.5 Å². The van der Waals surface area contributed by atoms with E-state index >= 15 is 0 Å². The summed E-state index contributed by atoms with van der Waals surface area (Å²) in [6, 6.07) is 0.435. The second-order valence-electron chi connectivity index (χ2n) is 6.21. The van der Waals surface area contributed by atoms with Gasteiger partial charge in [0.05, 0.1) is 12.6 Å². The molecule has 0 radical (unpaired) electrons. The standard InChI is InChI=1S/C16H26N4O/c1-4-8-17-14-11(2)16(19-15(18-14)12-5-6-12)20(3)13-7-9-21-10-13/h12-13H,4-10H2,1-3H3,(H,17,18,19). The molecule has 2 heterocycles. The van der Waals surface area contributed by atoms with Crippen LogP contribution in [0.15, 0.2) is 0 Å². The minimum atomic E-state index is 0.435. The molecule has 1 aliphatic heterocycles. The number of hydrogen-bond donors (Lipinski definition) is 1. The average Bonchev–Trinajstić information content (AvgIpc) is 3.20. The molecule has 1 aliphatic carbocycles. The first-order chi connectivity index (χ1) is 10.2. The summed E-state index contributed by atoms with van der Waals surface area (Å²) >= 11 is 0. The van der Waals surface area contributed by atoms with Crippen molar-refractivity contribution >= 4 is 11.6 Å². The number of rotatable bonds is 6. The molecule has 21 heavy (non-hydrogen) atoms. The molecule has 1 saturated carbocycles. The molecule has 5 nitrogen and oxygen atoms in total. The highest BCUT2D eigenvalue weighted by molar-refractivity contribution is 5.59. The molecule has 0 aromatic carbocycles. The molecule has 2 aliphatic rings. The highest BCUT2D eigenvalue weighted by Gasteiger charge is 2.30. The third-order valence-electron chi connectivity index (χ3n) is 4.41. The molecule has 1 saturated heterocycles. The number of nitrogens with one attached hydrogen (secondary N) is 1. The number of aromatic nitrogens is 2. The highest BCUT2D eigenvalue weighted by atomic mass is 16.5. The Morgan fingerprint density at radius 1 is 1.29 bits per heavy atom. The van der Waals surface area contributed by atoms with Crippen LogP contribution in [0, 0.1) is 6.92 Å². The average molecular weight is 290 g/mol. The predicted molar refractivity (Wildman–Crippen MR) is 85.2 cm³/mol. The number of nitrogens with zero attached hydrogens (tertiary/aromatic N) is 3. The Morgan fingerprint density at radius 3 is 2.71 bits per heavy atom. The van der Waals surface area contributed by atoms with Gasteiger partial charge < -0.3 is 15.0 Å². The lowest BCUT2D eigenvalue weighted by Crippen LogP contribution is -2.33. The zero-order chi connectivity index (χ0) is 14.8. The first-order valence-electron chi connectivity index (χ1n) is 8.13. The van der Waals surface area contributed by atoms with Gasteiger partial charge >= 0.3 is 0 Å². The Balaban J connectivity index is 1.90. The number of hydrogen-bond acceptors (Lipinski definition) is 5. The van der Waals surface area contributed by atoms with Gasteiger partial charge in [-0.15, -0.1) is 0 Å². The quantitative estimate of drug-likeness (QED) is 0.873. The fourth-order valence-corrected chi connectivity index (χ4v) is 2.81. The third kappa shape index (κ3) is 3.12. The normalized spacial score (nSPS) is 21.6. The van der Waals surface area contributed by atoms with Crippen LogP contribution in [0.3, 0.4) is 0 Å². The summed E-state index contributed by atoms with van der Waals surface area (Å²) in [4.78, 5) is 11.9. The molecule has 3 rings (SSSR count). The maximum atomic E-state index is 5.52. The van der Waals surface area contributed by atoms with E-state index in [-0.39, 0.29) is 0 Å². The fourth-order valence-electron chi connectivity index (χ4n) is 2.81. The molecule has 1 atom stereocenters. The maximum absolute atomic E-state index is 5.52. The summed E-state index contributed by atoms with van der Waals surface area (Å²) in [6.45, 7) is 6.91. The van der Waals surface area contributed by atoms with Gasteiger partial charge in [-0.1, -0.05) is 6.92 Å². The number of likely N-dealkylation sites (N-methyl/N-ethyl adjacent to an activating group) is 1. The second-order valence-corrected chi connectivity index (χ2v) is 6.21. The Labute approximate surface area is 127 Å². The molecule has 1 N–H and O–H groups in total. The van der Waals surface area contributed by atoms with E-state index in [4.69, 9.17) is 14.7 Å². The van der Waals surface area contributed by atoms with Crippen LogP contribution < -0.4 is 10.2 Å². The topological polar surface area (TPSA) is 50.3 Å². The van der Waals surface area contributed by atoms with Crippen molar-refractivity contribution in [2.24, 2.45) is 0 Å². The lowest BCUT2D eigenvalue weighted by atomic mass is 10.2. The lowest BCUT2D eigenvalue weighted by molar-refractivity contribution is 0.193. The van der Waals surface area contributed by atoms with Crippen molar-refractivity contribution in [3.63, 3.8) is 0 Å². The van der Waals surface area contributed by atoms with E-state index < -0.39 is 0 Å². The van der Waals surface area contributed by atoms with Gasteiger partial charge in [-0.3, -0.25) is 0 Å². The SMILES string of the molecule is CCCNc1nc(C2CC2)nc(N(C)C2CCOC2)c1C. The van der Waals surface area contributed by atoms with E-state index in [9.17, 15) is 0 Å². The lowest BCUT2D eigenvalue weighted by Gasteiger charge is -2.27. The van der Waals surface area contributed by atoms with E-state index in [0.29, 0.717) is 12.0 Å². The Kier molecular flexibility index (Phi) is 4.29. The van der Waals surface area contributed by atoms with Crippen molar-refractivity contribution < 1.29 is 4.74 Å². The van der Waals surface area contributed by atoms with Gasteiger partial charge in [0.15, 0.2) is 0 Å². The van der Waals surface area contributed by atoms with Crippen LogP contribution >= 0.6 is 0 Å². The summed E-state index contributed by atoms with van der Waals surface area (Å²) in [7, 11) is 2.13. The van der Waals surface area contributed by atoms with Gasteiger partial charge in [0.1, 0.15) is 17.5 Å².